The Morgan fingerprint density at radius 3 is 2.64 bits per heavy atom. The van der Waals surface area contributed by atoms with E-state index in [1.54, 1.807) is 12.1 Å². The van der Waals surface area contributed by atoms with Gasteiger partial charge in [-0.15, -0.1) is 11.8 Å². The Bertz CT molecular complexity index is 837. The van der Waals surface area contributed by atoms with E-state index in [1.165, 1.54) is 28.6 Å². The molecule has 1 N–H and O–H groups in total. The van der Waals surface area contributed by atoms with Crippen LogP contribution in [0.3, 0.4) is 0 Å². The van der Waals surface area contributed by atoms with Gasteiger partial charge < -0.3 is 9.88 Å². The van der Waals surface area contributed by atoms with Gasteiger partial charge in [-0.3, -0.25) is 0 Å². The number of hydrogen-bond acceptors (Lipinski definition) is 2. The molecule has 2 heterocycles. The van der Waals surface area contributed by atoms with Gasteiger partial charge in [0, 0.05) is 33.8 Å². The SMILES string of the molecule is Fc1ccccc1CCN1CCC(Sc2c[nH]c3ccccc23)CC1. The van der Waals surface area contributed by atoms with E-state index in [1.807, 2.05) is 23.9 Å². The fourth-order valence-corrected chi connectivity index (χ4v) is 4.79. The van der Waals surface area contributed by atoms with E-state index in [-0.39, 0.29) is 5.82 Å². The first-order chi connectivity index (χ1) is 12.3. The molecule has 0 bridgehead atoms. The molecule has 25 heavy (non-hydrogen) atoms. The van der Waals surface area contributed by atoms with Gasteiger partial charge in [0.05, 0.1) is 0 Å². The smallest absolute Gasteiger partial charge is 0.126 e. The van der Waals surface area contributed by atoms with Crippen LogP contribution >= 0.6 is 11.8 Å². The molecule has 0 aliphatic carbocycles. The fourth-order valence-electron chi connectivity index (χ4n) is 3.55. The number of aromatic nitrogens is 1. The predicted octanol–water partition coefficient (Wildman–Crippen LogP) is 5.11. The number of fused-ring (bicyclic) bond motifs is 1. The molecule has 1 aliphatic rings. The summed E-state index contributed by atoms with van der Waals surface area (Å²) < 4.78 is 13.7. The van der Waals surface area contributed by atoms with E-state index < -0.39 is 0 Å². The third kappa shape index (κ3) is 3.91. The normalized spacial score (nSPS) is 16.5. The van der Waals surface area contributed by atoms with Crippen LogP contribution in [0.25, 0.3) is 10.9 Å². The lowest BCUT2D eigenvalue weighted by molar-refractivity contribution is 0.235. The van der Waals surface area contributed by atoms with Crippen molar-refractivity contribution in [2.45, 2.75) is 29.4 Å². The summed E-state index contributed by atoms with van der Waals surface area (Å²) in [5.41, 5.74) is 2.05. The van der Waals surface area contributed by atoms with Gasteiger partial charge in [-0.05, 0) is 50.0 Å². The van der Waals surface area contributed by atoms with Crippen LogP contribution in [-0.4, -0.2) is 34.8 Å². The van der Waals surface area contributed by atoms with Gasteiger partial charge in [0.25, 0.3) is 0 Å². The number of piperidine rings is 1. The highest BCUT2D eigenvalue weighted by molar-refractivity contribution is 8.00. The molecule has 1 saturated heterocycles. The summed E-state index contributed by atoms with van der Waals surface area (Å²) in [6.45, 7) is 3.16. The highest BCUT2D eigenvalue weighted by atomic mass is 32.2. The zero-order valence-electron chi connectivity index (χ0n) is 14.2. The molecule has 1 fully saturated rings. The van der Waals surface area contributed by atoms with Gasteiger partial charge >= 0.3 is 0 Å². The summed E-state index contributed by atoms with van der Waals surface area (Å²) >= 11 is 2.00. The van der Waals surface area contributed by atoms with Crippen LogP contribution in [0.4, 0.5) is 4.39 Å². The number of benzene rings is 2. The molecule has 1 aliphatic heterocycles. The van der Waals surface area contributed by atoms with E-state index >= 15 is 0 Å². The van der Waals surface area contributed by atoms with Crippen molar-refractivity contribution in [3.63, 3.8) is 0 Å². The molecule has 130 valence electrons. The van der Waals surface area contributed by atoms with Crippen LogP contribution in [-0.2, 0) is 6.42 Å². The first-order valence-electron chi connectivity index (χ1n) is 8.98. The van der Waals surface area contributed by atoms with Gasteiger partial charge in [0.2, 0.25) is 0 Å². The molecule has 0 unspecified atom stereocenters. The zero-order valence-corrected chi connectivity index (χ0v) is 15.1. The maximum atomic E-state index is 13.7. The Balaban J connectivity index is 1.29. The highest BCUT2D eigenvalue weighted by Crippen LogP contribution is 2.35. The predicted molar refractivity (Wildman–Crippen MR) is 104 cm³/mol. The number of thioether (sulfide) groups is 1. The van der Waals surface area contributed by atoms with Crippen LogP contribution in [0, 0.1) is 5.82 Å². The molecule has 4 rings (SSSR count). The summed E-state index contributed by atoms with van der Waals surface area (Å²) in [5.74, 6) is -0.0766. The molecule has 1 aromatic heterocycles. The quantitative estimate of drug-likeness (QED) is 0.687. The zero-order chi connectivity index (χ0) is 17.1. The first-order valence-corrected chi connectivity index (χ1v) is 9.86. The summed E-state index contributed by atoms with van der Waals surface area (Å²) in [4.78, 5) is 7.20. The Morgan fingerprint density at radius 2 is 1.80 bits per heavy atom. The number of aromatic amines is 1. The van der Waals surface area contributed by atoms with E-state index in [0.717, 1.165) is 31.6 Å². The topological polar surface area (TPSA) is 19.0 Å². The fraction of sp³-hybridized carbons (Fsp3) is 0.333. The van der Waals surface area contributed by atoms with E-state index in [9.17, 15) is 4.39 Å². The second-order valence-corrected chi connectivity index (χ2v) is 8.04. The lowest BCUT2D eigenvalue weighted by Gasteiger charge is -2.31. The van der Waals surface area contributed by atoms with Crippen LogP contribution in [0.1, 0.15) is 18.4 Å². The Labute approximate surface area is 152 Å². The monoisotopic (exact) mass is 354 g/mol. The number of rotatable bonds is 5. The molecule has 2 aromatic carbocycles. The third-order valence-corrected chi connectivity index (χ3v) is 6.43. The van der Waals surface area contributed by atoms with Crippen molar-refractivity contribution in [3.8, 4) is 0 Å². The van der Waals surface area contributed by atoms with Gasteiger partial charge in [-0.25, -0.2) is 4.39 Å². The van der Waals surface area contributed by atoms with Crippen molar-refractivity contribution in [3.05, 3.63) is 66.1 Å². The van der Waals surface area contributed by atoms with Crippen molar-refractivity contribution >= 4 is 22.7 Å². The van der Waals surface area contributed by atoms with Gasteiger partial charge in [-0.1, -0.05) is 36.4 Å². The van der Waals surface area contributed by atoms with Crippen molar-refractivity contribution in [1.82, 2.24) is 9.88 Å². The van der Waals surface area contributed by atoms with Crippen molar-refractivity contribution < 1.29 is 4.39 Å². The van der Waals surface area contributed by atoms with Crippen molar-refractivity contribution in [1.29, 1.82) is 0 Å². The number of para-hydroxylation sites is 1. The van der Waals surface area contributed by atoms with Gasteiger partial charge in [-0.2, -0.15) is 0 Å². The number of halogens is 1. The first kappa shape index (κ1) is 16.7. The Morgan fingerprint density at radius 1 is 1.04 bits per heavy atom. The van der Waals surface area contributed by atoms with Crippen LogP contribution < -0.4 is 0 Å². The number of nitrogens with one attached hydrogen (secondary N) is 1. The minimum Gasteiger partial charge on any atom is -0.360 e. The Kier molecular flexibility index (Phi) is 5.09. The number of likely N-dealkylation sites (tertiary alicyclic amines) is 1. The third-order valence-electron chi connectivity index (χ3n) is 5.03. The second kappa shape index (κ2) is 7.63. The van der Waals surface area contributed by atoms with E-state index in [4.69, 9.17) is 0 Å². The van der Waals surface area contributed by atoms with Crippen LogP contribution in [0.2, 0.25) is 0 Å². The molecular formula is C21H23FN2S. The lowest BCUT2D eigenvalue weighted by atomic mass is 10.1. The number of H-pyrrole nitrogens is 1. The average molecular weight is 354 g/mol. The molecule has 0 spiro atoms. The number of hydrogen-bond donors (Lipinski definition) is 1. The summed E-state index contributed by atoms with van der Waals surface area (Å²) in [7, 11) is 0. The second-order valence-electron chi connectivity index (χ2n) is 6.70. The molecular weight excluding hydrogens is 331 g/mol. The molecule has 4 heteroatoms. The molecule has 0 atom stereocenters. The minimum absolute atomic E-state index is 0.0766. The highest BCUT2D eigenvalue weighted by Gasteiger charge is 2.21. The Hall–Kier alpha value is -1.78. The lowest BCUT2D eigenvalue weighted by Crippen LogP contribution is -2.36. The van der Waals surface area contributed by atoms with Crippen molar-refractivity contribution in [2.24, 2.45) is 0 Å². The number of nitrogens with zero attached hydrogens (tertiary/aromatic N) is 1. The molecule has 0 saturated carbocycles. The standard InChI is InChI=1S/C21H23FN2S/c22-19-7-3-1-5-16(19)9-12-24-13-10-17(11-14-24)25-21-15-23-20-8-4-2-6-18(20)21/h1-8,15,17,23H,9-14H2. The maximum Gasteiger partial charge on any atom is 0.126 e. The summed E-state index contributed by atoms with van der Waals surface area (Å²) in [6.07, 6.45) is 5.33. The van der Waals surface area contributed by atoms with Crippen LogP contribution in [0.5, 0.6) is 0 Å². The summed E-state index contributed by atoms with van der Waals surface area (Å²) in [6, 6.07) is 15.6. The van der Waals surface area contributed by atoms with Gasteiger partial charge in [0.15, 0.2) is 0 Å². The molecule has 2 nitrogen and oxygen atoms in total. The van der Waals surface area contributed by atoms with Crippen LogP contribution in [0.15, 0.2) is 59.6 Å². The molecule has 3 aromatic rings. The minimum atomic E-state index is -0.0766. The summed E-state index contributed by atoms with van der Waals surface area (Å²) in [5, 5.41) is 2.00. The van der Waals surface area contributed by atoms with E-state index in [0.29, 0.717) is 5.25 Å². The van der Waals surface area contributed by atoms with Crippen molar-refractivity contribution in [2.75, 3.05) is 19.6 Å². The molecule has 0 radical (unpaired) electrons. The average Bonchev–Trinajstić information content (AvgIpc) is 3.05. The van der Waals surface area contributed by atoms with Gasteiger partial charge in [0.1, 0.15) is 5.82 Å². The molecule has 0 amide bonds. The van der Waals surface area contributed by atoms with E-state index in [2.05, 4.69) is 40.3 Å². The largest absolute Gasteiger partial charge is 0.360 e. The maximum absolute atomic E-state index is 13.7.